The number of rotatable bonds is 4. The van der Waals surface area contributed by atoms with Crippen molar-refractivity contribution in [1.82, 2.24) is 29.5 Å². The highest BCUT2D eigenvalue weighted by atomic mass is 35.5. The molecular weight excluding hydrogens is 442 g/mol. The quantitative estimate of drug-likeness (QED) is 0.464. The first-order chi connectivity index (χ1) is 15.5. The van der Waals surface area contributed by atoms with Crippen molar-refractivity contribution in [2.45, 2.75) is 13.0 Å². The standard InChI is InChI=1S/C20H19ClF2N8O/c21-13-4-5-14(22)12(16(13)23)11-29-6-2-7-30(9-8-29)19-26-18(24)31-20(27-19)25-17(28-31)15-3-1-10-32-15/h1,3-5,10H,2,6-9,11H2,(H2,24,25,26,27,28). The lowest BCUT2D eigenvalue weighted by Gasteiger charge is -2.22. The van der Waals surface area contributed by atoms with E-state index in [1.165, 1.54) is 22.9 Å². The lowest BCUT2D eigenvalue weighted by Crippen LogP contribution is -2.32. The van der Waals surface area contributed by atoms with E-state index in [9.17, 15) is 8.78 Å². The van der Waals surface area contributed by atoms with Gasteiger partial charge in [0.25, 0.3) is 5.78 Å². The number of hydrogen-bond donors (Lipinski definition) is 1. The van der Waals surface area contributed by atoms with Crippen molar-refractivity contribution in [3.63, 3.8) is 0 Å². The summed E-state index contributed by atoms with van der Waals surface area (Å²) in [4.78, 5) is 17.2. The van der Waals surface area contributed by atoms with Crippen LogP contribution in [0.3, 0.4) is 0 Å². The Morgan fingerprint density at radius 3 is 2.75 bits per heavy atom. The fourth-order valence-corrected chi connectivity index (χ4v) is 3.89. The minimum Gasteiger partial charge on any atom is -0.461 e. The van der Waals surface area contributed by atoms with E-state index in [2.05, 4.69) is 20.1 Å². The fraction of sp³-hybridized carbons (Fsp3) is 0.300. The smallest absolute Gasteiger partial charge is 0.259 e. The average molecular weight is 461 g/mol. The van der Waals surface area contributed by atoms with Gasteiger partial charge < -0.3 is 15.1 Å². The zero-order valence-electron chi connectivity index (χ0n) is 16.9. The fourth-order valence-electron chi connectivity index (χ4n) is 3.71. The van der Waals surface area contributed by atoms with Gasteiger partial charge in [0.1, 0.15) is 11.6 Å². The summed E-state index contributed by atoms with van der Waals surface area (Å²) in [7, 11) is 0. The van der Waals surface area contributed by atoms with E-state index in [1.54, 1.807) is 12.1 Å². The van der Waals surface area contributed by atoms with E-state index in [4.69, 9.17) is 21.8 Å². The van der Waals surface area contributed by atoms with Gasteiger partial charge in [0.15, 0.2) is 5.76 Å². The Bertz CT molecular complexity index is 1260. The van der Waals surface area contributed by atoms with Gasteiger partial charge >= 0.3 is 0 Å². The molecular formula is C20H19ClF2N8O. The van der Waals surface area contributed by atoms with Crippen molar-refractivity contribution >= 4 is 29.3 Å². The van der Waals surface area contributed by atoms with Gasteiger partial charge in [-0.25, -0.2) is 8.78 Å². The van der Waals surface area contributed by atoms with Gasteiger partial charge in [-0.05, 0) is 30.7 Å². The van der Waals surface area contributed by atoms with Crippen LogP contribution >= 0.6 is 11.6 Å². The maximum Gasteiger partial charge on any atom is 0.259 e. The Balaban J connectivity index is 1.35. The monoisotopic (exact) mass is 460 g/mol. The molecule has 2 N–H and O–H groups in total. The number of fused-ring (bicyclic) bond motifs is 1. The van der Waals surface area contributed by atoms with Gasteiger partial charge in [-0.15, -0.1) is 5.10 Å². The molecule has 32 heavy (non-hydrogen) atoms. The molecule has 0 aliphatic carbocycles. The Morgan fingerprint density at radius 1 is 1.06 bits per heavy atom. The molecule has 1 aromatic carbocycles. The van der Waals surface area contributed by atoms with Crippen LogP contribution in [-0.2, 0) is 6.54 Å². The third-order valence-corrected chi connectivity index (χ3v) is 5.65. The molecule has 0 saturated carbocycles. The van der Waals surface area contributed by atoms with E-state index in [-0.39, 0.29) is 23.1 Å². The number of nitrogens with two attached hydrogens (primary N) is 1. The third-order valence-electron chi connectivity index (χ3n) is 5.36. The van der Waals surface area contributed by atoms with Crippen molar-refractivity contribution in [1.29, 1.82) is 0 Å². The lowest BCUT2D eigenvalue weighted by molar-refractivity contribution is 0.276. The van der Waals surface area contributed by atoms with E-state index < -0.39 is 11.6 Å². The number of hydrogen-bond acceptors (Lipinski definition) is 8. The molecule has 4 heterocycles. The van der Waals surface area contributed by atoms with Gasteiger partial charge in [0.2, 0.25) is 17.7 Å². The predicted molar refractivity (Wildman–Crippen MR) is 114 cm³/mol. The summed E-state index contributed by atoms with van der Waals surface area (Å²) < 4.78 is 35.1. The number of nitrogens with zero attached hydrogens (tertiary/aromatic N) is 7. The van der Waals surface area contributed by atoms with E-state index in [0.29, 0.717) is 49.5 Å². The van der Waals surface area contributed by atoms with Crippen LogP contribution in [0.25, 0.3) is 17.4 Å². The molecule has 4 aromatic rings. The van der Waals surface area contributed by atoms with E-state index >= 15 is 0 Å². The number of anilines is 2. The second-order valence-electron chi connectivity index (χ2n) is 7.44. The van der Waals surface area contributed by atoms with Crippen LogP contribution in [0.2, 0.25) is 5.02 Å². The summed E-state index contributed by atoms with van der Waals surface area (Å²) in [6.07, 6.45) is 2.29. The van der Waals surface area contributed by atoms with Crippen molar-refractivity contribution in [2.75, 3.05) is 36.8 Å². The lowest BCUT2D eigenvalue weighted by atomic mass is 10.1. The Morgan fingerprint density at radius 2 is 1.94 bits per heavy atom. The summed E-state index contributed by atoms with van der Waals surface area (Å²) in [5, 5.41) is 4.21. The molecule has 1 aliphatic rings. The van der Waals surface area contributed by atoms with Crippen molar-refractivity contribution < 1.29 is 13.2 Å². The highest BCUT2D eigenvalue weighted by Gasteiger charge is 2.22. The first-order valence-electron chi connectivity index (χ1n) is 10.0. The van der Waals surface area contributed by atoms with Crippen LogP contribution in [0.4, 0.5) is 20.7 Å². The predicted octanol–water partition coefficient (Wildman–Crippen LogP) is 3.01. The van der Waals surface area contributed by atoms with Crippen LogP contribution in [0, 0.1) is 11.6 Å². The van der Waals surface area contributed by atoms with Gasteiger partial charge in [0.05, 0.1) is 11.3 Å². The molecule has 0 radical (unpaired) electrons. The topological polar surface area (TPSA) is 102 Å². The molecule has 1 aliphatic heterocycles. The number of aromatic nitrogens is 5. The first kappa shape index (κ1) is 20.6. The van der Waals surface area contributed by atoms with Crippen molar-refractivity contribution in [3.8, 4) is 11.6 Å². The summed E-state index contributed by atoms with van der Waals surface area (Å²) in [5.41, 5.74) is 6.07. The molecule has 3 aromatic heterocycles. The maximum atomic E-state index is 14.3. The zero-order chi connectivity index (χ0) is 22.2. The largest absolute Gasteiger partial charge is 0.461 e. The van der Waals surface area contributed by atoms with Crippen LogP contribution in [0.1, 0.15) is 12.0 Å². The molecule has 12 heteroatoms. The van der Waals surface area contributed by atoms with Gasteiger partial charge in [0, 0.05) is 38.3 Å². The summed E-state index contributed by atoms with van der Waals surface area (Å²) in [6, 6.07) is 5.89. The van der Waals surface area contributed by atoms with Crippen LogP contribution < -0.4 is 10.6 Å². The molecule has 0 atom stereocenters. The molecule has 166 valence electrons. The highest BCUT2D eigenvalue weighted by molar-refractivity contribution is 6.30. The van der Waals surface area contributed by atoms with Crippen molar-refractivity contribution in [2.24, 2.45) is 0 Å². The molecule has 0 bridgehead atoms. The second kappa shape index (κ2) is 8.32. The van der Waals surface area contributed by atoms with Gasteiger partial charge in [-0.1, -0.05) is 11.6 Å². The van der Waals surface area contributed by atoms with Crippen molar-refractivity contribution in [3.05, 3.63) is 52.7 Å². The summed E-state index contributed by atoms with van der Waals surface area (Å²) >= 11 is 5.82. The highest BCUT2D eigenvalue weighted by Crippen LogP contribution is 2.24. The van der Waals surface area contributed by atoms with E-state index in [1.807, 2.05) is 9.80 Å². The molecule has 0 unspecified atom stereocenters. The summed E-state index contributed by atoms with van der Waals surface area (Å²) in [6.45, 7) is 2.56. The minimum absolute atomic E-state index is 0.0261. The Labute approximate surface area is 186 Å². The Hall–Kier alpha value is -3.31. The third kappa shape index (κ3) is 3.84. The number of furan rings is 1. The number of nitrogen functional groups attached to an aromatic ring is 1. The Kier molecular flexibility index (Phi) is 5.35. The molecule has 0 amide bonds. The molecule has 0 spiro atoms. The second-order valence-corrected chi connectivity index (χ2v) is 7.85. The molecule has 9 nitrogen and oxygen atoms in total. The maximum absolute atomic E-state index is 14.3. The van der Waals surface area contributed by atoms with Crippen LogP contribution in [-0.4, -0.2) is 55.6 Å². The molecule has 5 rings (SSSR count). The normalized spacial score (nSPS) is 15.4. The van der Waals surface area contributed by atoms with Crippen LogP contribution in [0.5, 0.6) is 0 Å². The number of benzene rings is 1. The number of halogens is 3. The average Bonchev–Trinajstić information content (AvgIpc) is 3.40. The molecule has 1 fully saturated rings. The van der Waals surface area contributed by atoms with Crippen LogP contribution in [0.15, 0.2) is 34.9 Å². The first-order valence-corrected chi connectivity index (χ1v) is 10.4. The molecule has 1 saturated heterocycles. The van der Waals surface area contributed by atoms with E-state index in [0.717, 1.165) is 6.42 Å². The minimum atomic E-state index is -0.714. The SMILES string of the molecule is Nc1nc(N2CCCN(Cc3c(F)ccc(Cl)c3F)CC2)nc2nc(-c3ccco3)nn12. The van der Waals surface area contributed by atoms with Gasteiger partial charge in [-0.2, -0.15) is 19.5 Å². The summed E-state index contributed by atoms with van der Waals surface area (Å²) in [5.74, 6) is 0.434. The van der Waals surface area contributed by atoms with Gasteiger partial charge in [-0.3, -0.25) is 4.90 Å². The zero-order valence-corrected chi connectivity index (χ0v) is 17.6.